The summed E-state index contributed by atoms with van der Waals surface area (Å²) < 4.78 is 39.4. The van der Waals surface area contributed by atoms with E-state index in [1.807, 2.05) is 24.6 Å². The minimum Gasteiger partial charge on any atom is -0.330 e. The van der Waals surface area contributed by atoms with Gasteiger partial charge in [0.25, 0.3) is 0 Å². The second-order valence-electron chi connectivity index (χ2n) is 8.33. The van der Waals surface area contributed by atoms with E-state index < -0.39 is 11.7 Å². The molecule has 6 nitrogen and oxygen atoms in total. The molecule has 10 heteroatoms. The van der Waals surface area contributed by atoms with Gasteiger partial charge in [-0.1, -0.05) is 44.0 Å². The number of amides is 1. The fourth-order valence-corrected chi connectivity index (χ4v) is 3.77. The van der Waals surface area contributed by atoms with Crippen molar-refractivity contribution in [2.75, 3.05) is 26.7 Å². The Morgan fingerprint density at radius 1 is 1.23 bits per heavy atom. The monoisotopic (exact) mass is 512 g/mol. The highest BCUT2D eigenvalue weighted by Crippen LogP contribution is 2.34. The number of imidazole rings is 1. The zero-order chi connectivity index (χ0) is 26.2. The highest BCUT2D eigenvalue weighted by molar-refractivity contribution is 6.30. The van der Waals surface area contributed by atoms with Crippen LogP contribution in [-0.4, -0.2) is 57.7 Å². The maximum atomic E-state index is 12.5. The van der Waals surface area contributed by atoms with Crippen molar-refractivity contribution in [2.45, 2.75) is 52.9 Å². The molecule has 1 aliphatic heterocycles. The summed E-state index contributed by atoms with van der Waals surface area (Å²) in [5.41, 5.74) is 0.313. The SMILES string of the molecule is CCCc1ccc(Cl)cc1C(F)(F)F.CCN(C)C/C=C/C(=O)N1CCn2c(C(C)=O)cnc2C1. The fourth-order valence-electron chi connectivity index (χ4n) is 3.60. The number of hydrogen-bond donors (Lipinski definition) is 0. The van der Waals surface area contributed by atoms with Gasteiger partial charge in [0.1, 0.15) is 11.5 Å². The molecule has 1 aromatic carbocycles. The summed E-state index contributed by atoms with van der Waals surface area (Å²) in [6.45, 7) is 8.86. The van der Waals surface area contributed by atoms with Crippen molar-refractivity contribution in [3.8, 4) is 0 Å². The number of alkyl halides is 3. The molecule has 0 aliphatic carbocycles. The molecule has 0 saturated heterocycles. The average Bonchev–Trinajstić information content (AvgIpc) is 3.23. The first-order chi connectivity index (χ1) is 16.5. The molecule has 0 atom stereocenters. The van der Waals surface area contributed by atoms with Gasteiger partial charge in [-0.3, -0.25) is 9.59 Å². The third-order valence-electron chi connectivity index (χ3n) is 5.65. The lowest BCUT2D eigenvalue weighted by molar-refractivity contribution is -0.138. The number of carbonyl (C=O) groups excluding carboxylic acids is 2. The van der Waals surface area contributed by atoms with Gasteiger partial charge >= 0.3 is 6.18 Å². The summed E-state index contributed by atoms with van der Waals surface area (Å²) in [5.74, 6) is 0.785. The number of likely N-dealkylation sites (N-methyl/N-ethyl adjacent to an activating group) is 1. The van der Waals surface area contributed by atoms with E-state index in [9.17, 15) is 22.8 Å². The molecule has 1 aromatic heterocycles. The van der Waals surface area contributed by atoms with Crippen LogP contribution in [0.15, 0.2) is 36.5 Å². The van der Waals surface area contributed by atoms with Crippen LogP contribution in [0.2, 0.25) is 5.02 Å². The maximum absolute atomic E-state index is 12.5. The molecule has 0 bridgehead atoms. The number of fused-ring (bicyclic) bond motifs is 1. The van der Waals surface area contributed by atoms with Crippen molar-refractivity contribution in [1.29, 1.82) is 0 Å². The first-order valence-corrected chi connectivity index (χ1v) is 11.9. The van der Waals surface area contributed by atoms with Gasteiger partial charge in [0, 0.05) is 37.7 Å². The second-order valence-corrected chi connectivity index (χ2v) is 8.77. The van der Waals surface area contributed by atoms with E-state index in [1.54, 1.807) is 17.2 Å². The van der Waals surface area contributed by atoms with Gasteiger partial charge in [0.15, 0.2) is 5.78 Å². The van der Waals surface area contributed by atoms with Gasteiger partial charge in [-0.2, -0.15) is 13.2 Å². The van der Waals surface area contributed by atoms with Crippen LogP contribution in [0.5, 0.6) is 0 Å². The van der Waals surface area contributed by atoms with Crippen LogP contribution in [0.1, 0.15) is 54.6 Å². The standard InChI is InChI=1S/C15H22N4O2.C10H10ClF3/c1-4-17(3)7-5-6-15(21)18-8-9-19-13(12(2)20)10-16-14(19)11-18;1-2-3-7-4-5-8(11)6-9(7)10(12,13)14/h5-6,10H,4,7-9,11H2,1-3H3;4-6H,2-3H2,1H3/b6-5+;. The molecule has 3 rings (SSSR count). The predicted octanol–water partition coefficient (Wildman–Crippen LogP) is 5.25. The number of hydrogen-bond acceptors (Lipinski definition) is 4. The van der Waals surface area contributed by atoms with Crippen LogP contribution in [0, 0.1) is 0 Å². The molecule has 1 aliphatic rings. The molecule has 35 heavy (non-hydrogen) atoms. The number of Topliss-reactive ketones (excluding diaryl/α,β-unsaturated/α-hetero) is 1. The van der Waals surface area contributed by atoms with Crippen molar-refractivity contribution in [3.63, 3.8) is 0 Å². The predicted molar refractivity (Wildman–Crippen MR) is 130 cm³/mol. The Bertz CT molecular complexity index is 1050. The zero-order valence-electron chi connectivity index (χ0n) is 20.5. The van der Waals surface area contributed by atoms with Gasteiger partial charge in [-0.25, -0.2) is 4.98 Å². The van der Waals surface area contributed by atoms with Crippen LogP contribution >= 0.6 is 11.6 Å². The Morgan fingerprint density at radius 2 is 1.94 bits per heavy atom. The molecular weight excluding hydrogens is 481 g/mol. The van der Waals surface area contributed by atoms with E-state index in [4.69, 9.17) is 11.6 Å². The van der Waals surface area contributed by atoms with E-state index >= 15 is 0 Å². The van der Waals surface area contributed by atoms with Crippen molar-refractivity contribution >= 4 is 23.3 Å². The van der Waals surface area contributed by atoms with Gasteiger partial charge in [-0.15, -0.1) is 0 Å². The Balaban J connectivity index is 0.000000269. The summed E-state index contributed by atoms with van der Waals surface area (Å²) in [7, 11) is 2.01. The molecule has 0 fully saturated rings. The third kappa shape index (κ3) is 8.21. The largest absolute Gasteiger partial charge is 0.416 e. The molecule has 0 N–H and O–H groups in total. The summed E-state index contributed by atoms with van der Waals surface area (Å²) in [6, 6.07) is 3.91. The Labute approximate surface area is 209 Å². The first-order valence-electron chi connectivity index (χ1n) is 11.5. The lowest BCUT2D eigenvalue weighted by atomic mass is 10.0. The van der Waals surface area contributed by atoms with Gasteiger partial charge in [-0.05, 0) is 37.7 Å². The summed E-state index contributed by atoms with van der Waals surface area (Å²) in [4.78, 5) is 31.7. The number of carbonyl (C=O) groups is 2. The van der Waals surface area contributed by atoms with E-state index in [2.05, 4.69) is 16.8 Å². The molecule has 2 heterocycles. The van der Waals surface area contributed by atoms with E-state index in [0.717, 1.165) is 25.0 Å². The molecular formula is C25H32ClF3N4O2. The topological polar surface area (TPSA) is 58.4 Å². The Morgan fingerprint density at radius 3 is 2.54 bits per heavy atom. The summed E-state index contributed by atoms with van der Waals surface area (Å²) in [6.07, 6.45) is 1.90. The van der Waals surface area contributed by atoms with E-state index in [0.29, 0.717) is 43.7 Å². The third-order valence-corrected chi connectivity index (χ3v) is 5.89. The molecule has 2 aromatic rings. The van der Waals surface area contributed by atoms with Crippen molar-refractivity contribution in [2.24, 2.45) is 0 Å². The molecule has 0 spiro atoms. The quantitative estimate of drug-likeness (QED) is 0.376. The Kier molecular flexibility index (Phi) is 10.5. The number of ketones is 1. The molecule has 0 unspecified atom stereocenters. The highest BCUT2D eigenvalue weighted by Gasteiger charge is 2.33. The number of nitrogens with zero attached hydrogens (tertiary/aromatic N) is 4. The first kappa shape index (κ1) is 28.6. The lowest BCUT2D eigenvalue weighted by Crippen LogP contribution is -2.38. The number of aryl methyl sites for hydroxylation is 1. The smallest absolute Gasteiger partial charge is 0.330 e. The number of rotatable bonds is 7. The normalized spacial score (nSPS) is 13.6. The van der Waals surface area contributed by atoms with E-state index in [-0.39, 0.29) is 16.7 Å². The van der Waals surface area contributed by atoms with Crippen LogP contribution in [0.25, 0.3) is 0 Å². The summed E-state index contributed by atoms with van der Waals surface area (Å²) in [5, 5.41) is 0.122. The van der Waals surface area contributed by atoms with Crippen LogP contribution in [0.4, 0.5) is 13.2 Å². The second kappa shape index (κ2) is 12.9. The van der Waals surface area contributed by atoms with Crippen molar-refractivity contribution in [3.05, 3.63) is 64.2 Å². The highest BCUT2D eigenvalue weighted by atomic mass is 35.5. The van der Waals surface area contributed by atoms with Crippen LogP contribution < -0.4 is 0 Å². The molecule has 192 valence electrons. The van der Waals surface area contributed by atoms with Gasteiger partial charge < -0.3 is 14.4 Å². The molecule has 1 amide bonds. The van der Waals surface area contributed by atoms with E-state index in [1.165, 1.54) is 19.1 Å². The van der Waals surface area contributed by atoms with Gasteiger partial charge in [0.2, 0.25) is 5.91 Å². The molecule has 0 radical (unpaired) electrons. The Hall–Kier alpha value is -2.65. The number of aromatic nitrogens is 2. The van der Waals surface area contributed by atoms with Crippen molar-refractivity contribution in [1.82, 2.24) is 19.4 Å². The average molecular weight is 513 g/mol. The lowest BCUT2D eigenvalue weighted by Gasteiger charge is -2.27. The van der Waals surface area contributed by atoms with Crippen LogP contribution in [0.3, 0.4) is 0 Å². The van der Waals surface area contributed by atoms with Crippen LogP contribution in [-0.2, 0) is 30.5 Å². The minimum atomic E-state index is -4.31. The fraction of sp³-hybridized carbons (Fsp3) is 0.480. The summed E-state index contributed by atoms with van der Waals surface area (Å²) >= 11 is 5.52. The number of halogens is 4. The molecule has 0 saturated carbocycles. The van der Waals surface area contributed by atoms with Gasteiger partial charge in [0.05, 0.1) is 18.3 Å². The number of benzene rings is 1. The maximum Gasteiger partial charge on any atom is 0.416 e. The van der Waals surface area contributed by atoms with Crippen molar-refractivity contribution < 1.29 is 22.8 Å². The zero-order valence-corrected chi connectivity index (χ0v) is 21.3. The minimum absolute atomic E-state index is 0.00173.